The van der Waals surface area contributed by atoms with Crippen LogP contribution < -0.4 is 5.73 Å². The molecule has 0 fully saturated rings. The lowest BCUT2D eigenvalue weighted by Gasteiger charge is -2.11. The van der Waals surface area contributed by atoms with E-state index < -0.39 is 0 Å². The number of aryl methyl sites for hydroxylation is 1. The van der Waals surface area contributed by atoms with Crippen molar-refractivity contribution < 1.29 is 0 Å². The molecule has 0 bridgehead atoms. The van der Waals surface area contributed by atoms with E-state index in [0.29, 0.717) is 17.1 Å². The Morgan fingerprint density at radius 2 is 1.96 bits per heavy atom. The zero-order valence-corrected chi connectivity index (χ0v) is 15.8. The van der Waals surface area contributed by atoms with Gasteiger partial charge >= 0.3 is 0 Å². The van der Waals surface area contributed by atoms with Crippen molar-refractivity contribution in [3.63, 3.8) is 0 Å². The minimum atomic E-state index is 0.529. The summed E-state index contributed by atoms with van der Waals surface area (Å²) in [6.07, 6.45) is 5.08. The Morgan fingerprint density at radius 1 is 1.15 bits per heavy atom. The Morgan fingerprint density at radius 3 is 2.74 bits per heavy atom. The van der Waals surface area contributed by atoms with Gasteiger partial charge in [-0.1, -0.05) is 24.3 Å². The van der Waals surface area contributed by atoms with Crippen LogP contribution in [0, 0.1) is 5.41 Å². The summed E-state index contributed by atoms with van der Waals surface area (Å²) in [4.78, 5) is 10.7. The molecule has 0 aliphatic heterocycles. The number of nitrogen functional groups attached to an aromatic ring is 1. The van der Waals surface area contributed by atoms with Gasteiger partial charge in [0, 0.05) is 40.5 Å². The van der Waals surface area contributed by atoms with E-state index in [1.54, 1.807) is 28.7 Å². The van der Waals surface area contributed by atoms with Gasteiger partial charge < -0.3 is 11.1 Å². The van der Waals surface area contributed by atoms with E-state index >= 15 is 0 Å². The summed E-state index contributed by atoms with van der Waals surface area (Å²) in [5.74, 6) is 0.529. The van der Waals surface area contributed by atoms with Crippen LogP contribution in [0.1, 0.15) is 5.56 Å². The molecule has 6 nitrogen and oxygen atoms in total. The predicted molar refractivity (Wildman–Crippen MR) is 111 cm³/mol. The molecule has 134 valence electrons. The first kappa shape index (κ1) is 17.2. The van der Waals surface area contributed by atoms with Gasteiger partial charge in [0.25, 0.3) is 0 Å². The average molecular weight is 374 g/mol. The van der Waals surface area contributed by atoms with Crippen LogP contribution in [0.25, 0.3) is 33.7 Å². The minimum absolute atomic E-state index is 0.529. The smallest absolute Gasteiger partial charge is 0.163 e. The van der Waals surface area contributed by atoms with Gasteiger partial charge in [0.2, 0.25) is 0 Å². The number of hydrogen-bond acceptors (Lipinski definition) is 6. The molecule has 0 aliphatic carbocycles. The van der Waals surface area contributed by atoms with Crippen molar-refractivity contribution in [1.82, 2.24) is 19.7 Å². The van der Waals surface area contributed by atoms with Crippen LogP contribution >= 0.6 is 11.8 Å². The largest absolute Gasteiger partial charge is 0.398 e. The molecule has 7 heteroatoms. The van der Waals surface area contributed by atoms with Crippen molar-refractivity contribution in [2.45, 2.75) is 4.90 Å². The third-order valence-electron chi connectivity index (χ3n) is 4.46. The Kier molecular flexibility index (Phi) is 4.37. The normalized spacial score (nSPS) is 11.0. The van der Waals surface area contributed by atoms with Crippen LogP contribution in [-0.2, 0) is 7.05 Å². The third kappa shape index (κ3) is 2.96. The molecule has 0 spiro atoms. The van der Waals surface area contributed by atoms with Gasteiger partial charge in [-0.05, 0) is 24.5 Å². The summed E-state index contributed by atoms with van der Waals surface area (Å²) in [6.45, 7) is 0. The highest BCUT2D eigenvalue weighted by Gasteiger charge is 2.17. The zero-order valence-electron chi connectivity index (χ0n) is 15.0. The molecule has 2 aromatic heterocycles. The average Bonchev–Trinajstić information content (AvgIpc) is 3.08. The highest BCUT2D eigenvalue weighted by Crippen LogP contribution is 2.32. The predicted octanol–water partition coefficient (Wildman–Crippen LogP) is 4.00. The summed E-state index contributed by atoms with van der Waals surface area (Å²) >= 11 is 1.69. The van der Waals surface area contributed by atoms with Crippen molar-refractivity contribution >= 4 is 34.7 Å². The molecule has 0 amide bonds. The van der Waals surface area contributed by atoms with Crippen molar-refractivity contribution in [1.29, 1.82) is 5.41 Å². The van der Waals surface area contributed by atoms with E-state index in [1.165, 1.54) is 6.21 Å². The monoisotopic (exact) mass is 374 g/mol. The number of rotatable bonds is 4. The van der Waals surface area contributed by atoms with E-state index in [4.69, 9.17) is 21.1 Å². The molecule has 0 aliphatic rings. The summed E-state index contributed by atoms with van der Waals surface area (Å²) in [5.41, 5.74) is 10.5. The van der Waals surface area contributed by atoms with Crippen LogP contribution in [0.2, 0.25) is 0 Å². The number of nitrogens with one attached hydrogen (secondary N) is 1. The fraction of sp³-hybridized carbons (Fsp3) is 0.100. The summed E-state index contributed by atoms with van der Waals surface area (Å²) in [6, 6.07) is 13.7. The van der Waals surface area contributed by atoms with Gasteiger partial charge in [0.05, 0.1) is 17.3 Å². The number of fused-ring (bicyclic) bond motifs is 1. The Hall–Kier alpha value is -3.19. The van der Waals surface area contributed by atoms with Crippen molar-refractivity contribution in [2.24, 2.45) is 7.05 Å². The molecule has 4 aromatic rings. The molecule has 0 unspecified atom stereocenters. The molecular weight excluding hydrogens is 356 g/mol. The number of nitrogens with zero attached hydrogens (tertiary/aromatic N) is 4. The molecular formula is C20H18N6S. The Labute approximate surface area is 161 Å². The molecule has 0 saturated heterocycles. The van der Waals surface area contributed by atoms with E-state index in [2.05, 4.69) is 17.2 Å². The van der Waals surface area contributed by atoms with Gasteiger partial charge in [-0.3, -0.25) is 4.68 Å². The first-order valence-electron chi connectivity index (χ1n) is 8.36. The van der Waals surface area contributed by atoms with Crippen molar-refractivity contribution in [3.05, 3.63) is 54.2 Å². The number of hydrogen-bond donors (Lipinski definition) is 2. The fourth-order valence-electron chi connectivity index (χ4n) is 3.07. The van der Waals surface area contributed by atoms with Crippen LogP contribution in [0.3, 0.4) is 0 Å². The highest BCUT2D eigenvalue weighted by atomic mass is 32.2. The molecule has 0 saturated carbocycles. The summed E-state index contributed by atoms with van der Waals surface area (Å²) in [7, 11) is 1.86. The molecule has 4 rings (SSSR count). The first-order chi connectivity index (χ1) is 13.1. The summed E-state index contributed by atoms with van der Waals surface area (Å²) < 4.78 is 1.73. The first-order valence-corrected chi connectivity index (χ1v) is 9.58. The maximum atomic E-state index is 7.74. The number of thioether (sulfide) groups is 1. The van der Waals surface area contributed by atoms with Gasteiger partial charge in [-0.15, -0.1) is 11.8 Å². The summed E-state index contributed by atoms with van der Waals surface area (Å²) in [5, 5.41) is 13.0. The van der Waals surface area contributed by atoms with Crippen LogP contribution in [-0.4, -0.2) is 32.2 Å². The maximum absolute atomic E-state index is 7.74. The van der Waals surface area contributed by atoms with Crippen LogP contribution in [0.5, 0.6) is 0 Å². The van der Waals surface area contributed by atoms with E-state index in [9.17, 15) is 0 Å². The second kappa shape index (κ2) is 6.85. The number of nitrogens with two attached hydrogens (primary N) is 1. The Balaban J connectivity index is 2.03. The highest BCUT2D eigenvalue weighted by molar-refractivity contribution is 7.98. The molecule has 2 aromatic carbocycles. The topological polar surface area (TPSA) is 93.5 Å². The van der Waals surface area contributed by atoms with E-state index in [-0.39, 0.29) is 0 Å². The maximum Gasteiger partial charge on any atom is 0.163 e. The van der Waals surface area contributed by atoms with E-state index in [1.807, 2.05) is 37.6 Å². The number of aromatic nitrogens is 4. The molecule has 3 N–H and O–H groups in total. The second-order valence-corrected chi connectivity index (χ2v) is 6.97. The van der Waals surface area contributed by atoms with Gasteiger partial charge in [-0.2, -0.15) is 5.10 Å². The third-order valence-corrected chi connectivity index (χ3v) is 5.19. The fourth-order valence-corrected chi connectivity index (χ4v) is 3.53. The molecule has 0 atom stereocenters. The van der Waals surface area contributed by atoms with Gasteiger partial charge in [-0.25, -0.2) is 9.97 Å². The zero-order chi connectivity index (χ0) is 19.0. The second-order valence-electron chi connectivity index (χ2n) is 6.09. The lowest BCUT2D eigenvalue weighted by Crippen LogP contribution is -2.02. The molecule has 27 heavy (non-hydrogen) atoms. The van der Waals surface area contributed by atoms with Crippen LogP contribution in [0.15, 0.2) is 53.6 Å². The standard InChI is InChI=1S/C20H18N6S/c1-26-20-16(11-23-26)18(12-5-3-6-13(9-12)27-2)24-19(25-20)14-7-4-8-17(22)15(14)10-21/h3-11,21H,22H2,1-2H3. The number of anilines is 1. The Bertz CT molecular complexity index is 1160. The number of benzene rings is 2. The van der Waals surface area contributed by atoms with Crippen molar-refractivity contribution in [2.75, 3.05) is 12.0 Å². The molecule has 2 heterocycles. The SMILES string of the molecule is CSc1cccc(-c2nc(-c3cccc(N)c3C=N)nc3c2cnn3C)c1. The lowest BCUT2D eigenvalue weighted by atomic mass is 10.0. The lowest BCUT2D eigenvalue weighted by molar-refractivity contribution is 0.786. The van der Waals surface area contributed by atoms with Crippen LogP contribution in [0.4, 0.5) is 5.69 Å². The van der Waals surface area contributed by atoms with E-state index in [0.717, 1.165) is 32.7 Å². The minimum Gasteiger partial charge on any atom is -0.398 e. The van der Waals surface area contributed by atoms with Crippen molar-refractivity contribution in [3.8, 4) is 22.6 Å². The quantitative estimate of drug-likeness (QED) is 0.320. The van der Waals surface area contributed by atoms with Gasteiger partial charge in [0.1, 0.15) is 0 Å². The van der Waals surface area contributed by atoms with Gasteiger partial charge in [0.15, 0.2) is 11.5 Å². The molecule has 0 radical (unpaired) electrons.